The third-order valence-electron chi connectivity index (χ3n) is 3.20. The molecule has 0 amide bonds. The first-order valence-corrected chi connectivity index (χ1v) is 6.99. The van der Waals surface area contributed by atoms with E-state index in [9.17, 15) is 0 Å². The van der Waals surface area contributed by atoms with Crippen LogP contribution < -0.4 is 5.32 Å². The minimum Gasteiger partial charge on any atom is -0.385 e. The number of nitrogens with zero attached hydrogens (tertiary/aromatic N) is 1. The summed E-state index contributed by atoms with van der Waals surface area (Å²) in [5.74, 6) is 0. The molecule has 0 saturated carbocycles. The normalized spacial score (nSPS) is 14.0. The van der Waals surface area contributed by atoms with E-state index < -0.39 is 5.54 Å². The molecule has 0 spiro atoms. The van der Waals surface area contributed by atoms with E-state index in [1.54, 1.807) is 7.11 Å². The van der Waals surface area contributed by atoms with Crippen molar-refractivity contribution in [3.8, 4) is 6.07 Å². The molecule has 0 aliphatic rings. The third-order valence-corrected chi connectivity index (χ3v) is 3.20. The summed E-state index contributed by atoms with van der Waals surface area (Å²) in [6, 6.07) is 2.34. The van der Waals surface area contributed by atoms with Gasteiger partial charge in [0.25, 0.3) is 0 Å². The van der Waals surface area contributed by atoms with Gasteiger partial charge in [-0.15, -0.1) is 0 Å². The van der Waals surface area contributed by atoms with Crippen molar-refractivity contribution in [2.75, 3.05) is 47.2 Å². The Labute approximate surface area is 117 Å². The van der Waals surface area contributed by atoms with E-state index in [0.717, 1.165) is 32.3 Å². The van der Waals surface area contributed by atoms with Crippen molar-refractivity contribution in [1.82, 2.24) is 5.32 Å². The molecule has 0 aliphatic carbocycles. The molecule has 0 aromatic rings. The van der Waals surface area contributed by atoms with Gasteiger partial charge in [-0.25, -0.2) is 0 Å². The number of hydrogen-bond acceptors (Lipinski definition) is 5. The van der Waals surface area contributed by atoms with Crippen LogP contribution in [0, 0.1) is 11.3 Å². The average molecular weight is 272 g/mol. The molecule has 0 saturated heterocycles. The minimum atomic E-state index is -0.403. The maximum Gasteiger partial charge on any atom is 0.106 e. The second-order valence-corrected chi connectivity index (χ2v) is 4.47. The van der Waals surface area contributed by atoms with Crippen LogP contribution in [0.15, 0.2) is 0 Å². The number of nitrogens with one attached hydrogen (secondary N) is 1. The molecule has 0 radical (unpaired) electrons. The van der Waals surface area contributed by atoms with Crippen molar-refractivity contribution in [2.45, 2.75) is 38.1 Å². The Bertz CT molecular complexity index is 237. The largest absolute Gasteiger partial charge is 0.385 e. The number of nitriles is 1. The van der Waals surface area contributed by atoms with Gasteiger partial charge in [0.2, 0.25) is 0 Å². The van der Waals surface area contributed by atoms with Gasteiger partial charge in [0.1, 0.15) is 5.54 Å². The summed E-state index contributed by atoms with van der Waals surface area (Å²) in [6.45, 7) is 5.37. The van der Waals surface area contributed by atoms with Gasteiger partial charge in [-0.3, -0.25) is 0 Å². The number of hydrogen-bond donors (Lipinski definition) is 1. The predicted octanol–water partition coefficient (Wildman–Crippen LogP) is 1.73. The summed E-state index contributed by atoms with van der Waals surface area (Å²) in [7, 11) is 3.52. The van der Waals surface area contributed by atoms with E-state index >= 15 is 0 Å². The molecule has 1 N–H and O–H groups in total. The first-order valence-electron chi connectivity index (χ1n) is 6.99. The zero-order chi connectivity index (χ0) is 14.4. The Balaban J connectivity index is 3.38. The van der Waals surface area contributed by atoms with Crippen molar-refractivity contribution in [3.05, 3.63) is 0 Å². The quantitative estimate of drug-likeness (QED) is 0.517. The fraction of sp³-hybridized carbons (Fsp3) is 0.929. The Hall–Kier alpha value is -0.670. The molecule has 0 aromatic heterocycles. The van der Waals surface area contributed by atoms with Crippen molar-refractivity contribution >= 4 is 0 Å². The SMILES string of the molecule is CCC(C#N)(CCCOCCOCCCOC)NC. The lowest BCUT2D eigenvalue weighted by molar-refractivity contribution is 0.0377. The van der Waals surface area contributed by atoms with Crippen LogP contribution in [0.5, 0.6) is 0 Å². The Kier molecular flexibility index (Phi) is 11.9. The Morgan fingerprint density at radius 1 is 1.05 bits per heavy atom. The Morgan fingerprint density at radius 2 is 1.68 bits per heavy atom. The summed E-state index contributed by atoms with van der Waals surface area (Å²) in [5, 5.41) is 12.2. The van der Waals surface area contributed by atoms with Crippen LogP contribution in [0.2, 0.25) is 0 Å². The second kappa shape index (κ2) is 12.4. The number of methoxy groups -OCH3 is 1. The minimum absolute atomic E-state index is 0.403. The maximum atomic E-state index is 9.14. The lowest BCUT2D eigenvalue weighted by Gasteiger charge is -2.24. The molecule has 112 valence electrons. The first-order chi connectivity index (χ1) is 9.24. The zero-order valence-corrected chi connectivity index (χ0v) is 12.5. The molecule has 1 unspecified atom stereocenters. The molecule has 5 heteroatoms. The van der Waals surface area contributed by atoms with Gasteiger partial charge in [0, 0.05) is 26.9 Å². The second-order valence-electron chi connectivity index (χ2n) is 4.47. The van der Waals surface area contributed by atoms with E-state index in [2.05, 4.69) is 11.4 Å². The van der Waals surface area contributed by atoms with Gasteiger partial charge < -0.3 is 19.5 Å². The molecule has 5 nitrogen and oxygen atoms in total. The van der Waals surface area contributed by atoms with E-state index in [1.807, 2.05) is 14.0 Å². The first kappa shape index (κ1) is 18.3. The highest BCUT2D eigenvalue weighted by atomic mass is 16.5. The highest BCUT2D eigenvalue weighted by Crippen LogP contribution is 2.15. The summed E-state index contributed by atoms with van der Waals surface area (Å²) in [5.41, 5.74) is -0.403. The Morgan fingerprint density at radius 3 is 2.16 bits per heavy atom. The number of rotatable bonds is 13. The summed E-state index contributed by atoms with van der Waals surface area (Å²) >= 11 is 0. The summed E-state index contributed by atoms with van der Waals surface area (Å²) in [6.07, 6.45) is 3.42. The van der Waals surface area contributed by atoms with Gasteiger partial charge in [-0.05, 0) is 32.7 Å². The molecular weight excluding hydrogens is 244 g/mol. The van der Waals surface area contributed by atoms with Gasteiger partial charge in [0.05, 0.1) is 19.3 Å². The molecule has 0 rings (SSSR count). The van der Waals surface area contributed by atoms with E-state index in [4.69, 9.17) is 19.5 Å². The summed E-state index contributed by atoms with van der Waals surface area (Å²) < 4.78 is 15.8. The van der Waals surface area contributed by atoms with Crippen LogP contribution in [-0.2, 0) is 14.2 Å². The van der Waals surface area contributed by atoms with Gasteiger partial charge in [-0.2, -0.15) is 5.26 Å². The number of ether oxygens (including phenoxy) is 3. The van der Waals surface area contributed by atoms with Crippen molar-refractivity contribution < 1.29 is 14.2 Å². The third kappa shape index (κ3) is 8.95. The molecule has 0 bridgehead atoms. The maximum absolute atomic E-state index is 9.14. The lowest BCUT2D eigenvalue weighted by Crippen LogP contribution is -2.40. The van der Waals surface area contributed by atoms with E-state index in [1.165, 1.54) is 0 Å². The average Bonchev–Trinajstić information content (AvgIpc) is 2.46. The van der Waals surface area contributed by atoms with Gasteiger partial charge in [0.15, 0.2) is 0 Å². The monoisotopic (exact) mass is 272 g/mol. The van der Waals surface area contributed by atoms with Gasteiger partial charge >= 0.3 is 0 Å². The van der Waals surface area contributed by atoms with Crippen LogP contribution in [-0.4, -0.2) is 52.7 Å². The van der Waals surface area contributed by atoms with Crippen molar-refractivity contribution in [2.24, 2.45) is 0 Å². The van der Waals surface area contributed by atoms with E-state index in [-0.39, 0.29) is 0 Å². The molecule has 1 atom stereocenters. The fourth-order valence-electron chi connectivity index (χ4n) is 1.77. The smallest absolute Gasteiger partial charge is 0.106 e. The van der Waals surface area contributed by atoms with Crippen LogP contribution in [0.4, 0.5) is 0 Å². The highest BCUT2D eigenvalue weighted by molar-refractivity contribution is 5.05. The lowest BCUT2D eigenvalue weighted by atomic mass is 9.92. The standard InChI is InChI=1S/C14H28N2O3/c1-4-14(13-15,16-2)7-5-9-18-11-12-19-10-6-8-17-3/h16H,4-12H2,1-3H3. The van der Waals surface area contributed by atoms with Crippen LogP contribution in [0.1, 0.15) is 32.6 Å². The molecule has 19 heavy (non-hydrogen) atoms. The van der Waals surface area contributed by atoms with E-state index in [0.29, 0.717) is 26.4 Å². The van der Waals surface area contributed by atoms with Crippen LogP contribution in [0.25, 0.3) is 0 Å². The summed E-state index contributed by atoms with van der Waals surface area (Å²) in [4.78, 5) is 0. The van der Waals surface area contributed by atoms with Crippen LogP contribution >= 0.6 is 0 Å². The highest BCUT2D eigenvalue weighted by Gasteiger charge is 2.24. The zero-order valence-electron chi connectivity index (χ0n) is 12.5. The molecular formula is C14H28N2O3. The molecule has 0 heterocycles. The molecule has 0 fully saturated rings. The van der Waals surface area contributed by atoms with Crippen molar-refractivity contribution in [3.63, 3.8) is 0 Å². The predicted molar refractivity (Wildman–Crippen MR) is 75.1 cm³/mol. The van der Waals surface area contributed by atoms with Gasteiger partial charge in [-0.1, -0.05) is 6.92 Å². The van der Waals surface area contributed by atoms with Crippen molar-refractivity contribution in [1.29, 1.82) is 5.26 Å². The topological polar surface area (TPSA) is 63.5 Å². The van der Waals surface area contributed by atoms with Crippen LogP contribution in [0.3, 0.4) is 0 Å². The molecule has 0 aromatic carbocycles. The molecule has 0 aliphatic heterocycles. The fourth-order valence-corrected chi connectivity index (χ4v) is 1.77.